The normalized spacial score (nSPS) is 12.8. The Hall–Kier alpha value is -1.51. The minimum atomic E-state index is -5.80. The molecule has 0 aromatic carbocycles. The molecular weight excluding hydrogens is 313 g/mol. The molecule has 5 nitrogen and oxygen atoms in total. The fraction of sp³-hybridized carbons (Fsp3) is 0.583. The lowest BCUT2D eigenvalue weighted by Gasteiger charge is -2.12. The number of ether oxygens (including phenoxy) is 1. The minimum Gasteiger partial charge on any atom is -0.463 e. The van der Waals surface area contributed by atoms with Crippen LogP contribution in [0.5, 0.6) is 0 Å². The van der Waals surface area contributed by atoms with Crippen LogP contribution in [0.25, 0.3) is 0 Å². The topological polar surface area (TPSA) is 69.7 Å². The summed E-state index contributed by atoms with van der Waals surface area (Å²) in [6.45, 7) is 5.04. The van der Waals surface area contributed by atoms with Gasteiger partial charge in [0.25, 0.3) is 0 Å². The Bertz CT molecular complexity index is 514. The summed E-state index contributed by atoms with van der Waals surface area (Å²) in [6.07, 6.45) is 2.31. The van der Waals surface area contributed by atoms with Gasteiger partial charge >= 0.3 is 21.6 Å². The fourth-order valence-corrected chi connectivity index (χ4v) is 1.65. The molecule has 0 radical (unpaired) electrons. The third-order valence-electron chi connectivity index (χ3n) is 2.01. The van der Waals surface area contributed by atoms with Crippen molar-refractivity contribution in [2.24, 2.45) is 0 Å². The first-order valence-electron chi connectivity index (χ1n) is 6.01. The summed E-state index contributed by atoms with van der Waals surface area (Å²) in [5, 5.41) is 0. The van der Waals surface area contributed by atoms with Crippen molar-refractivity contribution in [1.82, 2.24) is 0 Å². The molecular formula is C12H17F3O5S. The summed E-state index contributed by atoms with van der Waals surface area (Å²) in [5.41, 5.74) is -4.67. The summed E-state index contributed by atoms with van der Waals surface area (Å²) in [7, 11) is -5.80. The first kappa shape index (κ1) is 19.5. The van der Waals surface area contributed by atoms with Gasteiger partial charge in [0.15, 0.2) is 0 Å². The molecule has 0 bridgehead atoms. The SMILES string of the molecule is CCOC(=O)C=C(CCC=C(C)C)OS(=O)(=O)C(F)(F)F. The summed E-state index contributed by atoms with van der Waals surface area (Å²) >= 11 is 0. The van der Waals surface area contributed by atoms with Crippen molar-refractivity contribution in [3.63, 3.8) is 0 Å². The van der Waals surface area contributed by atoms with Gasteiger partial charge in [-0.2, -0.15) is 21.6 Å². The lowest BCUT2D eigenvalue weighted by Crippen LogP contribution is -2.25. The second-order valence-electron chi connectivity index (χ2n) is 4.17. The Balaban J connectivity index is 5.15. The van der Waals surface area contributed by atoms with Crippen molar-refractivity contribution >= 4 is 16.1 Å². The van der Waals surface area contributed by atoms with Crippen LogP contribution in [0.2, 0.25) is 0 Å². The second kappa shape index (κ2) is 8.06. The first-order valence-corrected chi connectivity index (χ1v) is 7.42. The average molecular weight is 330 g/mol. The maximum atomic E-state index is 12.3. The summed E-state index contributed by atoms with van der Waals surface area (Å²) < 4.78 is 67.2. The van der Waals surface area contributed by atoms with Gasteiger partial charge in [0.2, 0.25) is 0 Å². The van der Waals surface area contributed by atoms with Crippen molar-refractivity contribution < 1.29 is 35.3 Å². The van der Waals surface area contributed by atoms with E-state index < -0.39 is 27.4 Å². The van der Waals surface area contributed by atoms with Crippen molar-refractivity contribution in [1.29, 1.82) is 0 Å². The first-order chi connectivity index (χ1) is 9.49. The van der Waals surface area contributed by atoms with Gasteiger partial charge in [-0.15, -0.1) is 0 Å². The quantitative estimate of drug-likeness (QED) is 0.179. The molecule has 0 heterocycles. The van der Waals surface area contributed by atoms with Gasteiger partial charge in [0.1, 0.15) is 5.76 Å². The molecule has 0 spiro atoms. The van der Waals surface area contributed by atoms with E-state index in [1.165, 1.54) is 6.92 Å². The highest BCUT2D eigenvalue weighted by Crippen LogP contribution is 2.27. The zero-order valence-electron chi connectivity index (χ0n) is 11.9. The van der Waals surface area contributed by atoms with Crippen LogP contribution in [0.4, 0.5) is 13.2 Å². The number of hydrogen-bond donors (Lipinski definition) is 0. The Morgan fingerprint density at radius 3 is 2.24 bits per heavy atom. The molecule has 0 aromatic heterocycles. The number of carbonyl (C=O) groups excluding carboxylic acids is 1. The summed E-state index contributed by atoms with van der Waals surface area (Å²) in [5.74, 6) is -1.59. The lowest BCUT2D eigenvalue weighted by atomic mass is 10.2. The largest absolute Gasteiger partial charge is 0.534 e. The molecule has 122 valence electrons. The molecule has 0 aromatic rings. The van der Waals surface area contributed by atoms with E-state index in [0.717, 1.165) is 5.57 Å². The number of allylic oxidation sites excluding steroid dienone is 3. The highest BCUT2D eigenvalue weighted by molar-refractivity contribution is 7.87. The smallest absolute Gasteiger partial charge is 0.463 e. The number of hydrogen-bond acceptors (Lipinski definition) is 5. The van der Waals surface area contributed by atoms with E-state index in [1.54, 1.807) is 19.9 Å². The van der Waals surface area contributed by atoms with Gasteiger partial charge in [0.05, 0.1) is 12.7 Å². The van der Waals surface area contributed by atoms with E-state index in [1.807, 2.05) is 0 Å². The van der Waals surface area contributed by atoms with Gasteiger partial charge in [-0.05, 0) is 27.2 Å². The Kier molecular flexibility index (Phi) is 7.48. The molecule has 0 unspecified atom stereocenters. The molecule has 0 saturated heterocycles. The highest BCUT2D eigenvalue weighted by atomic mass is 32.2. The number of rotatable bonds is 7. The molecule has 21 heavy (non-hydrogen) atoms. The molecule has 0 N–H and O–H groups in total. The molecule has 0 aliphatic carbocycles. The number of alkyl halides is 3. The molecule has 0 aliphatic heterocycles. The fourth-order valence-electron chi connectivity index (χ4n) is 1.14. The summed E-state index contributed by atoms with van der Waals surface area (Å²) in [6, 6.07) is 0. The summed E-state index contributed by atoms with van der Waals surface area (Å²) in [4.78, 5) is 11.2. The Labute approximate surface area is 121 Å². The predicted molar refractivity (Wildman–Crippen MR) is 69.4 cm³/mol. The van der Waals surface area contributed by atoms with Gasteiger partial charge in [-0.3, -0.25) is 0 Å². The zero-order valence-corrected chi connectivity index (χ0v) is 12.7. The molecule has 0 rings (SSSR count). The zero-order chi connectivity index (χ0) is 16.7. The maximum absolute atomic E-state index is 12.3. The van der Waals surface area contributed by atoms with Crippen LogP contribution in [0, 0.1) is 0 Å². The molecule has 0 atom stereocenters. The van der Waals surface area contributed by atoms with Crippen LogP contribution in [0.15, 0.2) is 23.5 Å². The van der Waals surface area contributed by atoms with Crippen LogP contribution in [-0.2, 0) is 23.8 Å². The van der Waals surface area contributed by atoms with Crippen LogP contribution in [-0.4, -0.2) is 26.5 Å². The molecule has 0 saturated carbocycles. The van der Waals surface area contributed by atoms with E-state index in [-0.39, 0.29) is 19.4 Å². The third kappa shape index (κ3) is 7.74. The lowest BCUT2D eigenvalue weighted by molar-refractivity contribution is -0.137. The highest BCUT2D eigenvalue weighted by Gasteiger charge is 2.48. The number of carbonyl (C=O) groups is 1. The molecule has 0 fully saturated rings. The van der Waals surface area contributed by atoms with E-state index in [4.69, 9.17) is 0 Å². The van der Waals surface area contributed by atoms with Crippen molar-refractivity contribution in [2.75, 3.05) is 6.61 Å². The maximum Gasteiger partial charge on any atom is 0.534 e. The van der Waals surface area contributed by atoms with E-state index in [9.17, 15) is 26.4 Å². The van der Waals surface area contributed by atoms with E-state index >= 15 is 0 Å². The van der Waals surface area contributed by atoms with Gasteiger partial charge in [-0.1, -0.05) is 11.6 Å². The standard InChI is InChI=1S/C12H17F3O5S/c1-4-19-11(16)8-10(7-5-6-9(2)3)20-21(17,18)12(13,14)15/h6,8H,4-5,7H2,1-3H3. The van der Waals surface area contributed by atoms with Crippen LogP contribution >= 0.6 is 0 Å². The van der Waals surface area contributed by atoms with Gasteiger partial charge in [0, 0.05) is 6.42 Å². The Morgan fingerprint density at radius 1 is 1.24 bits per heavy atom. The third-order valence-corrected chi connectivity index (χ3v) is 3.01. The Morgan fingerprint density at radius 2 is 1.81 bits per heavy atom. The molecule has 9 heteroatoms. The average Bonchev–Trinajstić information content (AvgIpc) is 2.26. The van der Waals surface area contributed by atoms with Crippen molar-refractivity contribution in [3.8, 4) is 0 Å². The van der Waals surface area contributed by atoms with Crippen molar-refractivity contribution in [3.05, 3.63) is 23.5 Å². The van der Waals surface area contributed by atoms with E-state index in [0.29, 0.717) is 6.08 Å². The monoisotopic (exact) mass is 330 g/mol. The molecule has 0 aliphatic rings. The number of esters is 1. The van der Waals surface area contributed by atoms with E-state index in [2.05, 4.69) is 8.92 Å². The number of halogens is 3. The van der Waals surface area contributed by atoms with Gasteiger partial charge < -0.3 is 8.92 Å². The van der Waals surface area contributed by atoms with Crippen LogP contribution in [0.1, 0.15) is 33.6 Å². The predicted octanol–water partition coefficient (Wildman–Crippen LogP) is 3.05. The van der Waals surface area contributed by atoms with Crippen LogP contribution in [0.3, 0.4) is 0 Å². The minimum absolute atomic E-state index is 0.00258. The van der Waals surface area contributed by atoms with Crippen LogP contribution < -0.4 is 0 Å². The second-order valence-corrected chi connectivity index (χ2v) is 5.70. The van der Waals surface area contributed by atoms with Gasteiger partial charge in [-0.25, -0.2) is 4.79 Å². The van der Waals surface area contributed by atoms with Crippen molar-refractivity contribution in [2.45, 2.75) is 39.1 Å². The molecule has 0 amide bonds.